The summed E-state index contributed by atoms with van der Waals surface area (Å²) in [5.41, 5.74) is -0.207. The minimum absolute atomic E-state index is 0.207. The van der Waals surface area contributed by atoms with Gasteiger partial charge in [-0.25, -0.2) is 8.78 Å². The van der Waals surface area contributed by atoms with Gasteiger partial charge in [-0.15, -0.1) is 0 Å². The Morgan fingerprint density at radius 1 is 1.26 bits per heavy atom. The first kappa shape index (κ1) is 20.8. The van der Waals surface area contributed by atoms with Crippen molar-refractivity contribution in [3.63, 3.8) is 0 Å². The molecular weight excluding hydrogens is 382 g/mol. The van der Waals surface area contributed by atoms with Gasteiger partial charge in [0, 0.05) is 30.6 Å². The van der Waals surface area contributed by atoms with Gasteiger partial charge in [0.25, 0.3) is 0 Å². The standard InChI is InChI=1S/C18H19ClF2N2O4/c1-10(18(26)27)22-17(25)11-6-8-23(9-7-11)15(24)5-2-12-13(20)3-4-14(21)16(12)19/h2-5,10-11H,6-9H2,1H3,(H,22,25)(H,26,27). The number of carboxylic acids is 1. The number of hydrogen-bond acceptors (Lipinski definition) is 3. The molecule has 2 N–H and O–H groups in total. The first-order valence-corrected chi connectivity index (χ1v) is 8.72. The molecule has 0 saturated carbocycles. The van der Waals surface area contributed by atoms with Crippen LogP contribution >= 0.6 is 11.6 Å². The Kier molecular flexibility index (Phi) is 6.90. The molecular formula is C18H19ClF2N2O4. The molecule has 1 fully saturated rings. The van der Waals surface area contributed by atoms with Gasteiger partial charge in [-0.05, 0) is 38.0 Å². The summed E-state index contributed by atoms with van der Waals surface area (Å²) in [5, 5.41) is 10.8. The molecule has 1 aliphatic rings. The first-order valence-electron chi connectivity index (χ1n) is 8.34. The Morgan fingerprint density at radius 2 is 1.85 bits per heavy atom. The molecule has 9 heteroatoms. The van der Waals surface area contributed by atoms with E-state index in [1.807, 2.05) is 0 Å². The van der Waals surface area contributed by atoms with Crippen molar-refractivity contribution in [2.24, 2.45) is 5.92 Å². The van der Waals surface area contributed by atoms with Crippen LogP contribution in [0.4, 0.5) is 8.78 Å². The minimum Gasteiger partial charge on any atom is -0.480 e. The van der Waals surface area contributed by atoms with E-state index in [4.69, 9.17) is 16.7 Å². The Bertz CT molecular complexity index is 777. The fourth-order valence-electron chi connectivity index (χ4n) is 2.71. The second kappa shape index (κ2) is 8.94. The summed E-state index contributed by atoms with van der Waals surface area (Å²) in [6.07, 6.45) is 2.99. The number of nitrogens with zero attached hydrogens (tertiary/aromatic N) is 1. The van der Waals surface area contributed by atoms with Crippen molar-refractivity contribution >= 4 is 35.5 Å². The van der Waals surface area contributed by atoms with E-state index in [9.17, 15) is 23.2 Å². The molecule has 1 heterocycles. The third kappa shape index (κ3) is 5.26. The van der Waals surface area contributed by atoms with E-state index >= 15 is 0 Å². The molecule has 1 aromatic carbocycles. The molecule has 1 saturated heterocycles. The van der Waals surface area contributed by atoms with Gasteiger partial charge in [0.05, 0.1) is 5.02 Å². The fourth-order valence-corrected chi connectivity index (χ4v) is 2.93. The molecule has 0 spiro atoms. The number of hydrogen-bond donors (Lipinski definition) is 2. The van der Waals surface area contributed by atoms with Crippen molar-refractivity contribution in [3.8, 4) is 0 Å². The third-order valence-corrected chi connectivity index (χ3v) is 4.76. The molecule has 27 heavy (non-hydrogen) atoms. The maximum atomic E-state index is 13.7. The summed E-state index contributed by atoms with van der Waals surface area (Å²) in [5.74, 6) is -3.80. The molecule has 146 valence electrons. The highest BCUT2D eigenvalue weighted by Gasteiger charge is 2.28. The lowest BCUT2D eigenvalue weighted by Gasteiger charge is -2.31. The highest BCUT2D eigenvalue weighted by atomic mass is 35.5. The molecule has 1 aromatic rings. The highest BCUT2D eigenvalue weighted by Crippen LogP contribution is 2.24. The summed E-state index contributed by atoms with van der Waals surface area (Å²) >= 11 is 5.71. The molecule has 0 radical (unpaired) electrons. The van der Waals surface area contributed by atoms with Crippen LogP contribution in [0.1, 0.15) is 25.3 Å². The average molecular weight is 401 g/mol. The number of likely N-dealkylation sites (tertiary alicyclic amines) is 1. The van der Waals surface area contributed by atoms with Gasteiger partial charge >= 0.3 is 5.97 Å². The molecule has 0 aromatic heterocycles. The zero-order valence-electron chi connectivity index (χ0n) is 14.5. The number of benzene rings is 1. The van der Waals surface area contributed by atoms with Crippen LogP contribution < -0.4 is 5.32 Å². The van der Waals surface area contributed by atoms with Crippen molar-refractivity contribution in [1.82, 2.24) is 10.2 Å². The van der Waals surface area contributed by atoms with Crippen LogP contribution in [0, 0.1) is 17.6 Å². The van der Waals surface area contributed by atoms with Gasteiger partial charge in [0.15, 0.2) is 0 Å². The second-order valence-electron chi connectivity index (χ2n) is 6.26. The number of nitrogens with one attached hydrogen (secondary N) is 1. The van der Waals surface area contributed by atoms with E-state index in [1.54, 1.807) is 0 Å². The SMILES string of the molecule is CC(NC(=O)C1CCN(C(=O)C=Cc2c(F)ccc(F)c2Cl)CC1)C(=O)O. The van der Waals surface area contributed by atoms with Gasteiger partial charge in [0.2, 0.25) is 11.8 Å². The monoisotopic (exact) mass is 400 g/mol. The molecule has 1 atom stereocenters. The Labute approximate surface area is 159 Å². The van der Waals surface area contributed by atoms with Gasteiger partial charge in [-0.3, -0.25) is 14.4 Å². The summed E-state index contributed by atoms with van der Waals surface area (Å²) < 4.78 is 27.1. The zero-order chi connectivity index (χ0) is 20.1. The third-order valence-electron chi connectivity index (χ3n) is 4.38. The van der Waals surface area contributed by atoms with Crippen LogP contribution in [0.25, 0.3) is 6.08 Å². The van der Waals surface area contributed by atoms with E-state index in [-0.39, 0.29) is 17.4 Å². The molecule has 2 rings (SSSR count). The lowest BCUT2D eigenvalue weighted by atomic mass is 9.95. The topological polar surface area (TPSA) is 86.7 Å². The van der Waals surface area contributed by atoms with Gasteiger partial charge < -0.3 is 15.3 Å². The summed E-state index contributed by atoms with van der Waals surface area (Å²) in [4.78, 5) is 36.5. The quantitative estimate of drug-likeness (QED) is 0.587. The van der Waals surface area contributed by atoms with E-state index in [0.717, 1.165) is 24.3 Å². The van der Waals surface area contributed by atoms with Crippen LogP contribution in [-0.4, -0.2) is 46.9 Å². The highest BCUT2D eigenvalue weighted by molar-refractivity contribution is 6.32. The average Bonchev–Trinajstić information content (AvgIpc) is 2.64. The molecule has 2 amide bonds. The minimum atomic E-state index is -1.12. The van der Waals surface area contributed by atoms with Crippen molar-refractivity contribution in [3.05, 3.63) is 40.4 Å². The zero-order valence-corrected chi connectivity index (χ0v) is 15.3. The van der Waals surface area contributed by atoms with Crippen molar-refractivity contribution in [2.75, 3.05) is 13.1 Å². The van der Waals surface area contributed by atoms with Crippen LogP contribution in [0.2, 0.25) is 5.02 Å². The Hall–Kier alpha value is -2.48. The Balaban J connectivity index is 1.93. The molecule has 6 nitrogen and oxygen atoms in total. The second-order valence-corrected chi connectivity index (χ2v) is 6.64. The normalized spacial score (nSPS) is 16.4. The molecule has 0 aliphatic carbocycles. The lowest BCUT2D eigenvalue weighted by molar-refractivity contribution is -0.142. The maximum Gasteiger partial charge on any atom is 0.325 e. The first-order chi connectivity index (χ1) is 12.7. The van der Waals surface area contributed by atoms with Crippen molar-refractivity contribution in [1.29, 1.82) is 0 Å². The van der Waals surface area contributed by atoms with E-state index in [0.29, 0.717) is 25.9 Å². The molecule has 1 unspecified atom stereocenters. The molecule has 1 aliphatic heterocycles. The number of aliphatic carboxylic acids is 1. The number of carbonyl (C=O) groups excluding carboxylic acids is 2. The lowest BCUT2D eigenvalue weighted by Crippen LogP contribution is -2.46. The number of carboxylic acid groups (broad SMARTS) is 1. The predicted octanol–water partition coefficient (Wildman–Crippen LogP) is 2.46. The number of rotatable bonds is 5. The largest absolute Gasteiger partial charge is 0.480 e. The van der Waals surface area contributed by atoms with Crippen LogP contribution in [-0.2, 0) is 14.4 Å². The van der Waals surface area contributed by atoms with Crippen LogP contribution in [0.3, 0.4) is 0 Å². The summed E-state index contributed by atoms with van der Waals surface area (Å²) in [6.45, 7) is 1.96. The smallest absolute Gasteiger partial charge is 0.325 e. The van der Waals surface area contributed by atoms with E-state index < -0.39 is 34.6 Å². The maximum absolute atomic E-state index is 13.7. The van der Waals surface area contributed by atoms with E-state index in [2.05, 4.69) is 5.32 Å². The Morgan fingerprint density at radius 3 is 2.44 bits per heavy atom. The summed E-state index contributed by atoms with van der Waals surface area (Å²) in [7, 11) is 0. The van der Waals surface area contributed by atoms with Gasteiger partial charge in [0.1, 0.15) is 17.7 Å². The number of piperidine rings is 1. The van der Waals surface area contributed by atoms with Gasteiger partial charge in [-0.1, -0.05) is 11.6 Å². The number of halogens is 3. The van der Waals surface area contributed by atoms with Gasteiger partial charge in [-0.2, -0.15) is 0 Å². The van der Waals surface area contributed by atoms with Crippen molar-refractivity contribution in [2.45, 2.75) is 25.8 Å². The van der Waals surface area contributed by atoms with Crippen LogP contribution in [0.5, 0.6) is 0 Å². The molecule has 0 bridgehead atoms. The van der Waals surface area contributed by atoms with Crippen molar-refractivity contribution < 1.29 is 28.3 Å². The number of carbonyl (C=O) groups is 3. The van der Waals surface area contributed by atoms with E-state index in [1.165, 1.54) is 11.8 Å². The number of amides is 2. The predicted molar refractivity (Wildman–Crippen MR) is 94.9 cm³/mol. The fraction of sp³-hybridized carbons (Fsp3) is 0.389. The summed E-state index contributed by atoms with van der Waals surface area (Å²) in [6, 6.07) is 0.844. The van der Waals surface area contributed by atoms with Crippen LogP contribution in [0.15, 0.2) is 18.2 Å².